The Balaban J connectivity index is 4.62. The molecule has 0 aromatic rings. The second-order valence-electron chi connectivity index (χ2n) is 3.79. The zero-order chi connectivity index (χ0) is 13.0. The van der Waals surface area contributed by atoms with E-state index in [2.05, 4.69) is 6.58 Å². The molecule has 96 valence electrons. The van der Waals surface area contributed by atoms with Crippen LogP contribution in [0.15, 0.2) is 12.3 Å². The van der Waals surface area contributed by atoms with Crippen molar-refractivity contribution in [2.24, 2.45) is 0 Å². The first-order valence-electron chi connectivity index (χ1n) is 4.69. The highest BCUT2D eigenvalue weighted by Gasteiger charge is 2.48. The van der Waals surface area contributed by atoms with Crippen molar-refractivity contribution in [1.29, 1.82) is 0 Å². The molecule has 0 amide bonds. The predicted molar refractivity (Wildman–Crippen MR) is 65.7 cm³/mol. The Labute approximate surface area is 99.4 Å². The van der Waals surface area contributed by atoms with Gasteiger partial charge in [-0.15, -0.1) is 6.58 Å². The van der Waals surface area contributed by atoms with Crippen molar-refractivity contribution >= 4 is 26.2 Å². The second-order valence-corrected chi connectivity index (χ2v) is 12.6. The highest BCUT2D eigenvalue weighted by atomic mass is 28.5. The lowest BCUT2D eigenvalue weighted by Crippen LogP contribution is -2.57. The standard InChI is InChI=1S/C7H20O6Si3/c1-7-15(6,8)12-14(4,5)13-16(9,10-2)11-3/h7-9H,1H2,2-6H3. The fraction of sp³-hybridized carbons (Fsp3) is 0.714. The van der Waals surface area contributed by atoms with E-state index < -0.39 is 26.2 Å². The Morgan fingerprint density at radius 1 is 1.00 bits per heavy atom. The van der Waals surface area contributed by atoms with E-state index in [4.69, 9.17) is 17.1 Å². The highest BCUT2D eigenvalue weighted by molar-refractivity contribution is 6.84. The van der Waals surface area contributed by atoms with E-state index in [1.165, 1.54) is 19.9 Å². The third kappa shape index (κ3) is 5.47. The minimum absolute atomic E-state index is 1.29. The van der Waals surface area contributed by atoms with Crippen LogP contribution in [-0.2, 0) is 17.1 Å². The van der Waals surface area contributed by atoms with Crippen molar-refractivity contribution in [3.05, 3.63) is 12.3 Å². The Bertz CT molecular complexity index is 240. The van der Waals surface area contributed by atoms with E-state index in [0.29, 0.717) is 0 Å². The van der Waals surface area contributed by atoms with Crippen LogP contribution in [0.25, 0.3) is 0 Å². The van der Waals surface area contributed by atoms with Gasteiger partial charge in [-0.2, -0.15) is 0 Å². The van der Waals surface area contributed by atoms with E-state index in [1.54, 1.807) is 19.6 Å². The van der Waals surface area contributed by atoms with E-state index in [1.807, 2.05) is 0 Å². The van der Waals surface area contributed by atoms with Crippen LogP contribution in [0.1, 0.15) is 0 Å². The Hall–Kier alpha value is 0.151. The van der Waals surface area contributed by atoms with Gasteiger partial charge in [0.25, 0.3) is 0 Å². The van der Waals surface area contributed by atoms with Crippen LogP contribution >= 0.6 is 0 Å². The fourth-order valence-electron chi connectivity index (χ4n) is 1.04. The lowest BCUT2D eigenvalue weighted by molar-refractivity contribution is 0.0611. The zero-order valence-corrected chi connectivity index (χ0v) is 13.3. The van der Waals surface area contributed by atoms with Crippen molar-refractivity contribution in [2.75, 3.05) is 14.2 Å². The normalized spacial score (nSPS) is 16.9. The van der Waals surface area contributed by atoms with Crippen LogP contribution in [0.2, 0.25) is 19.6 Å². The maximum Gasteiger partial charge on any atom is 0.667 e. The summed E-state index contributed by atoms with van der Waals surface area (Å²) in [5.74, 6) is 0. The van der Waals surface area contributed by atoms with Gasteiger partial charge in [-0.05, 0) is 19.6 Å². The quantitative estimate of drug-likeness (QED) is 0.652. The molecular weight excluding hydrogens is 264 g/mol. The van der Waals surface area contributed by atoms with Crippen LogP contribution in [0.4, 0.5) is 0 Å². The van der Waals surface area contributed by atoms with Gasteiger partial charge in [-0.25, -0.2) is 0 Å². The summed E-state index contributed by atoms with van der Waals surface area (Å²) in [6, 6.07) is 0. The van der Waals surface area contributed by atoms with E-state index in [9.17, 15) is 9.59 Å². The summed E-state index contributed by atoms with van der Waals surface area (Å²) in [5.41, 5.74) is 1.38. The molecular formula is C7H20O6Si3. The number of hydrogen-bond donors (Lipinski definition) is 2. The van der Waals surface area contributed by atoms with E-state index >= 15 is 0 Å². The average molecular weight is 284 g/mol. The first-order valence-corrected chi connectivity index (χ1v) is 11.6. The molecule has 0 aliphatic rings. The van der Waals surface area contributed by atoms with Gasteiger partial charge >= 0.3 is 26.2 Å². The van der Waals surface area contributed by atoms with Crippen LogP contribution in [0.3, 0.4) is 0 Å². The summed E-state index contributed by atoms with van der Waals surface area (Å²) < 4.78 is 20.4. The molecule has 0 aromatic carbocycles. The zero-order valence-electron chi connectivity index (χ0n) is 10.3. The maximum atomic E-state index is 9.81. The average Bonchev–Trinajstić information content (AvgIpc) is 2.15. The molecule has 0 saturated heterocycles. The molecule has 0 aliphatic carbocycles. The van der Waals surface area contributed by atoms with Crippen molar-refractivity contribution in [3.8, 4) is 0 Å². The second kappa shape index (κ2) is 5.66. The number of hydrogen-bond acceptors (Lipinski definition) is 6. The van der Waals surface area contributed by atoms with Crippen molar-refractivity contribution in [2.45, 2.75) is 19.6 Å². The van der Waals surface area contributed by atoms with Gasteiger partial charge in [-0.1, -0.05) is 5.70 Å². The summed E-state index contributed by atoms with van der Waals surface area (Å²) in [5, 5.41) is 0. The smallest absolute Gasteiger partial charge is 0.412 e. The minimum atomic E-state index is -3.63. The summed E-state index contributed by atoms with van der Waals surface area (Å²) >= 11 is 0. The van der Waals surface area contributed by atoms with Crippen LogP contribution in [0.5, 0.6) is 0 Å². The molecule has 0 aromatic heterocycles. The van der Waals surface area contributed by atoms with E-state index in [-0.39, 0.29) is 0 Å². The third-order valence-corrected chi connectivity index (χ3v) is 10.1. The molecule has 0 aliphatic heterocycles. The summed E-state index contributed by atoms with van der Waals surface area (Å²) in [4.78, 5) is 19.6. The van der Waals surface area contributed by atoms with Crippen molar-refractivity contribution in [1.82, 2.24) is 0 Å². The van der Waals surface area contributed by atoms with Crippen molar-refractivity contribution in [3.63, 3.8) is 0 Å². The summed E-state index contributed by atoms with van der Waals surface area (Å²) in [7, 11) is -6.71. The lowest BCUT2D eigenvalue weighted by Gasteiger charge is -2.33. The Morgan fingerprint density at radius 3 is 1.75 bits per heavy atom. The first-order chi connectivity index (χ1) is 7.10. The highest BCUT2D eigenvalue weighted by Crippen LogP contribution is 2.18. The van der Waals surface area contributed by atoms with Crippen LogP contribution < -0.4 is 0 Å². The molecule has 2 N–H and O–H groups in total. The monoisotopic (exact) mass is 284 g/mol. The largest absolute Gasteiger partial charge is 0.667 e. The summed E-state index contributed by atoms with van der Waals surface area (Å²) in [6.45, 7) is 8.44. The number of rotatable bonds is 7. The van der Waals surface area contributed by atoms with Gasteiger partial charge < -0.3 is 26.7 Å². The molecule has 0 bridgehead atoms. The molecule has 6 nitrogen and oxygen atoms in total. The van der Waals surface area contributed by atoms with Crippen LogP contribution in [-0.4, -0.2) is 50.0 Å². The fourth-order valence-corrected chi connectivity index (χ4v) is 9.21. The maximum absolute atomic E-state index is 9.81. The molecule has 0 spiro atoms. The lowest BCUT2D eigenvalue weighted by atomic mass is 11.3. The molecule has 0 fully saturated rings. The molecule has 0 radical (unpaired) electrons. The van der Waals surface area contributed by atoms with Gasteiger partial charge in [0.15, 0.2) is 0 Å². The molecule has 9 heteroatoms. The third-order valence-electron chi connectivity index (χ3n) is 1.72. The summed E-state index contributed by atoms with van der Waals surface area (Å²) in [6.07, 6.45) is 0. The molecule has 0 heterocycles. The van der Waals surface area contributed by atoms with Gasteiger partial charge in [0.05, 0.1) is 0 Å². The van der Waals surface area contributed by atoms with Crippen LogP contribution in [0, 0.1) is 0 Å². The Morgan fingerprint density at radius 2 is 1.44 bits per heavy atom. The predicted octanol–water partition coefficient (Wildman–Crippen LogP) is 0.232. The van der Waals surface area contributed by atoms with Gasteiger partial charge in [0.2, 0.25) is 0 Å². The molecule has 0 saturated carbocycles. The SMILES string of the molecule is C=C[Si](C)(O)O[Si](C)(C)O[Si](O)(OC)OC. The van der Waals surface area contributed by atoms with Gasteiger partial charge in [-0.3, -0.25) is 0 Å². The van der Waals surface area contributed by atoms with Gasteiger partial charge in [0, 0.05) is 14.2 Å². The molecule has 0 rings (SSSR count). The van der Waals surface area contributed by atoms with Gasteiger partial charge in [0.1, 0.15) is 0 Å². The topological polar surface area (TPSA) is 77.4 Å². The molecule has 1 atom stereocenters. The molecule has 1 unspecified atom stereocenters. The molecule has 16 heavy (non-hydrogen) atoms. The minimum Gasteiger partial charge on any atom is -0.412 e. The Kier molecular flexibility index (Phi) is 5.71. The van der Waals surface area contributed by atoms with Crippen molar-refractivity contribution < 1.29 is 26.7 Å². The first kappa shape index (κ1) is 16.2. The van der Waals surface area contributed by atoms with E-state index in [0.717, 1.165) is 0 Å².